The van der Waals surface area contributed by atoms with Gasteiger partial charge in [0, 0.05) is 20.1 Å². The Morgan fingerprint density at radius 1 is 1.39 bits per heavy atom. The molecule has 0 saturated carbocycles. The third-order valence-corrected chi connectivity index (χ3v) is 2.99. The minimum absolute atomic E-state index is 0.401. The van der Waals surface area contributed by atoms with E-state index in [9.17, 15) is 9.90 Å². The molecule has 4 heteroatoms. The molecule has 0 aliphatic rings. The predicted molar refractivity (Wildman–Crippen MR) is 70.5 cm³/mol. The Labute approximate surface area is 108 Å². The fourth-order valence-electron chi connectivity index (χ4n) is 1.96. The van der Waals surface area contributed by atoms with E-state index < -0.39 is 11.5 Å². The SMILES string of the molecule is CCCNC(CCOC)(C(=O)O)c1ccccc1. The summed E-state index contributed by atoms with van der Waals surface area (Å²) in [6, 6.07) is 9.27. The molecule has 100 valence electrons. The lowest BCUT2D eigenvalue weighted by Crippen LogP contribution is -2.50. The molecule has 0 aromatic heterocycles. The zero-order valence-electron chi connectivity index (χ0n) is 11.0. The lowest BCUT2D eigenvalue weighted by molar-refractivity contribution is -0.146. The van der Waals surface area contributed by atoms with Crippen LogP contribution in [-0.4, -0.2) is 31.3 Å². The van der Waals surface area contributed by atoms with Crippen LogP contribution in [-0.2, 0) is 15.1 Å². The highest BCUT2D eigenvalue weighted by atomic mass is 16.5. The molecule has 1 aromatic carbocycles. The van der Waals surface area contributed by atoms with Crippen LogP contribution in [0.15, 0.2) is 30.3 Å². The van der Waals surface area contributed by atoms with Crippen molar-refractivity contribution in [3.8, 4) is 0 Å². The second-order valence-corrected chi connectivity index (χ2v) is 4.25. The molecular weight excluding hydrogens is 230 g/mol. The van der Waals surface area contributed by atoms with E-state index in [1.165, 1.54) is 0 Å². The van der Waals surface area contributed by atoms with Crippen LogP contribution in [0, 0.1) is 0 Å². The predicted octanol–water partition coefficient (Wildman–Crippen LogP) is 2.00. The molecule has 2 N–H and O–H groups in total. The number of carbonyl (C=O) groups is 1. The summed E-state index contributed by atoms with van der Waals surface area (Å²) >= 11 is 0. The Balaban J connectivity index is 3.07. The van der Waals surface area contributed by atoms with Crippen LogP contribution >= 0.6 is 0 Å². The minimum atomic E-state index is -1.06. The van der Waals surface area contributed by atoms with Gasteiger partial charge in [0.1, 0.15) is 5.54 Å². The minimum Gasteiger partial charge on any atom is -0.480 e. The maximum Gasteiger partial charge on any atom is 0.328 e. The maximum atomic E-state index is 11.7. The molecule has 0 saturated heterocycles. The van der Waals surface area contributed by atoms with Gasteiger partial charge < -0.3 is 9.84 Å². The van der Waals surface area contributed by atoms with Gasteiger partial charge in [-0.15, -0.1) is 0 Å². The van der Waals surface area contributed by atoms with E-state index in [2.05, 4.69) is 5.32 Å². The average molecular weight is 251 g/mol. The number of methoxy groups -OCH3 is 1. The smallest absolute Gasteiger partial charge is 0.328 e. The van der Waals surface area contributed by atoms with Gasteiger partial charge in [0.25, 0.3) is 0 Å². The molecule has 0 heterocycles. The van der Waals surface area contributed by atoms with Crippen LogP contribution in [0.2, 0.25) is 0 Å². The molecule has 0 aliphatic carbocycles. The van der Waals surface area contributed by atoms with Gasteiger partial charge in [-0.3, -0.25) is 5.32 Å². The zero-order chi connectivity index (χ0) is 13.4. The second kappa shape index (κ2) is 7.13. The number of carboxylic acids is 1. The highest BCUT2D eigenvalue weighted by molar-refractivity contribution is 5.80. The van der Waals surface area contributed by atoms with E-state index in [-0.39, 0.29) is 0 Å². The van der Waals surface area contributed by atoms with E-state index in [4.69, 9.17) is 4.74 Å². The molecule has 0 fully saturated rings. The van der Waals surface area contributed by atoms with Gasteiger partial charge in [-0.05, 0) is 18.5 Å². The number of rotatable bonds is 8. The molecule has 18 heavy (non-hydrogen) atoms. The first-order valence-corrected chi connectivity index (χ1v) is 6.20. The van der Waals surface area contributed by atoms with Crippen molar-refractivity contribution in [1.82, 2.24) is 5.32 Å². The van der Waals surface area contributed by atoms with Gasteiger partial charge in [-0.1, -0.05) is 37.3 Å². The third kappa shape index (κ3) is 3.31. The Morgan fingerprint density at radius 2 is 2.06 bits per heavy atom. The van der Waals surface area contributed by atoms with Crippen LogP contribution in [0.1, 0.15) is 25.3 Å². The highest BCUT2D eigenvalue weighted by Gasteiger charge is 2.39. The van der Waals surface area contributed by atoms with Gasteiger partial charge in [0.05, 0.1) is 0 Å². The van der Waals surface area contributed by atoms with Crippen molar-refractivity contribution in [2.24, 2.45) is 0 Å². The van der Waals surface area contributed by atoms with Crippen LogP contribution in [0.4, 0.5) is 0 Å². The van der Waals surface area contributed by atoms with E-state index in [1.807, 2.05) is 37.3 Å². The molecule has 0 spiro atoms. The molecule has 0 aliphatic heterocycles. The Hall–Kier alpha value is -1.39. The van der Waals surface area contributed by atoms with E-state index in [0.29, 0.717) is 19.6 Å². The summed E-state index contributed by atoms with van der Waals surface area (Å²) in [5.41, 5.74) is -0.296. The Bertz CT molecular complexity index is 357. The molecule has 1 aromatic rings. The quantitative estimate of drug-likeness (QED) is 0.742. The number of benzene rings is 1. The molecular formula is C14H21NO3. The normalized spacial score (nSPS) is 14.1. The fourth-order valence-corrected chi connectivity index (χ4v) is 1.96. The van der Waals surface area contributed by atoms with Crippen molar-refractivity contribution in [3.63, 3.8) is 0 Å². The van der Waals surface area contributed by atoms with Crippen LogP contribution in [0.3, 0.4) is 0 Å². The third-order valence-electron chi connectivity index (χ3n) is 2.99. The molecule has 0 radical (unpaired) electrons. The van der Waals surface area contributed by atoms with E-state index >= 15 is 0 Å². The van der Waals surface area contributed by atoms with Crippen molar-refractivity contribution >= 4 is 5.97 Å². The topological polar surface area (TPSA) is 58.6 Å². The van der Waals surface area contributed by atoms with Crippen LogP contribution < -0.4 is 5.32 Å². The number of nitrogens with one attached hydrogen (secondary N) is 1. The van der Waals surface area contributed by atoms with Crippen molar-refractivity contribution in [1.29, 1.82) is 0 Å². The number of aliphatic carboxylic acids is 1. The summed E-state index contributed by atoms with van der Waals surface area (Å²) in [5, 5.41) is 12.8. The first-order chi connectivity index (χ1) is 8.67. The van der Waals surface area contributed by atoms with Gasteiger partial charge in [0.15, 0.2) is 0 Å². The summed E-state index contributed by atoms with van der Waals surface area (Å²) in [6.07, 6.45) is 1.29. The monoisotopic (exact) mass is 251 g/mol. The highest BCUT2D eigenvalue weighted by Crippen LogP contribution is 2.25. The molecule has 0 bridgehead atoms. The number of hydrogen-bond donors (Lipinski definition) is 2. The van der Waals surface area contributed by atoms with E-state index in [1.54, 1.807) is 7.11 Å². The summed E-state index contributed by atoms with van der Waals surface area (Å²) in [5.74, 6) is -0.862. The van der Waals surface area contributed by atoms with Crippen molar-refractivity contribution in [2.45, 2.75) is 25.3 Å². The van der Waals surface area contributed by atoms with E-state index in [0.717, 1.165) is 12.0 Å². The molecule has 1 unspecified atom stereocenters. The largest absolute Gasteiger partial charge is 0.480 e. The van der Waals surface area contributed by atoms with Crippen molar-refractivity contribution in [2.75, 3.05) is 20.3 Å². The summed E-state index contributed by atoms with van der Waals surface area (Å²) in [6.45, 7) is 3.07. The van der Waals surface area contributed by atoms with Gasteiger partial charge in [-0.2, -0.15) is 0 Å². The molecule has 1 atom stereocenters. The fraction of sp³-hybridized carbons (Fsp3) is 0.500. The standard InChI is InChI=1S/C14H21NO3/c1-3-10-15-14(13(16)17,9-11-18-2)12-7-5-4-6-8-12/h4-8,15H,3,9-11H2,1-2H3,(H,16,17). The van der Waals surface area contributed by atoms with Gasteiger partial charge >= 0.3 is 5.97 Å². The van der Waals surface area contributed by atoms with Gasteiger partial charge in [-0.25, -0.2) is 4.79 Å². The molecule has 0 amide bonds. The maximum absolute atomic E-state index is 11.7. The van der Waals surface area contributed by atoms with Crippen molar-refractivity contribution < 1.29 is 14.6 Å². The van der Waals surface area contributed by atoms with Gasteiger partial charge in [0.2, 0.25) is 0 Å². The number of hydrogen-bond acceptors (Lipinski definition) is 3. The van der Waals surface area contributed by atoms with Crippen LogP contribution in [0.5, 0.6) is 0 Å². The lowest BCUT2D eigenvalue weighted by atomic mass is 9.86. The van der Waals surface area contributed by atoms with Crippen molar-refractivity contribution in [3.05, 3.63) is 35.9 Å². The summed E-state index contributed by atoms with van der Waals surface area (Å²) in [4.78, 5) is 11.7. The number of ether oxygens (including phenoxy) is 1. The first kappa shape index (κ1) is 14.7. The van der Waals surface area contributed by atoms with Crippen LogP contribution in [0.25, 0.3) is 0 Å². The Morgan fingerprint density at radius 3 is 2.56 bits per heavy atom. The molecule has 4 nitrogen and oxygen atoms in total. The first-order valence-electron chi connectivity index (χ1n) is 6.20. The average Bonchev–Trinajstić information content (AvgIpc) is 2.40. The zero-order valence-corrected chi connectivity index (χ0v) is 11.0. The lowest BCUT2D eigenvalue weighted by Gasteiger charge is -2.31. The Kier molecular flexibility index (Phi) is 5.82. The second-order valence-electron chi connectivity index (χ2n) is 4.25. The number of carboxylic acid groups (broad SMARTS) is 1. The summed E-state index contributed by atoms with van der Waals surface area (Å²) < 4.78 is 5.05. The summed E-state index contributed by atoms with van der Waals surface area (Å²) in [7, 11) is 1.58. The molecule has 1 rings (SSSR count).